The van der Waals surface area contributed by atoms with E-state index in [0.29, 0.717) is 0 Å². The zero-order valence-corrected chi connectivity index (χ0v) is 9.28. The highest BCUT2D eigenvalue weighted by molar-refractivity contribution is 8.14. The van der Waals surface area contributed by atoms with Gasteiger partial charge in [0.05, 0.1) is 5.02 Å². The predicted octanol–water partition coefficient (Wildman–Crippen LogP) is 2.87. The van der Waals surface area contributed by atoms with Gasteiger partial charge in [0.2, 0.25) is 0 Å². The van der Waals surface area contributed by atoms with Crippen LogP contribution >= 0.6 is 22.3 Å². The first kappa shape index (κ1) is 12.5. The third kappa shape index (κ3) is 3.19. The summed E-state index contributed by atoms with van der Waals surface area (Å²) < 4.78 is 49.8. The lowest BCUT2D eigenvalue weighted by atomic mass is 10.3. The van der Waals surface area contributed by atoms with E-state index in [9.17, 15) is 17.2 Å². The highest BCUT2D eigenvalue weighted by Crippen LogP contribution is 2.34. The van der Waals surface area contributed by atoms with Crippen LogP contribution in [0.3, 0.4) is 0 Å². The van der Waals surface area contributed by atoms with Gasteiger partial charge in [0.25, 0.3) is 9.05 Å². The molecule has 0 saturated carbocycles. The molecule has 0 aliphatic carbocycles. The second-order valence-corrected chi connectivity index (χ2v) is 5.29. The maximum absolute atomic E-state index is 11.9. The Bertz CT molecular complexity index is 461. The fourth-order valence-corrected chi connectivity index (χ4v) is 2.64. The van der Waals surface area contributed by atoms with Gasteiger partial charge in [-0.25, -0.2) is 8.42 Å². The number of hydrogen-bond acceptors (Lipinski definition) is 3. The van der Waals surface area contributed by atoms with E-state index in [2.05, 4.69) is 4.74 Å². The van der Waals surface area contributed by atoms with Gasteiger partial charge in [-0.05, 0) is 12.1 Å². The zero-order chi connectivity index (χ0) is 11.6. The molecule has 3 nitrogen and oxygen atoms in total. The standard InChI is InChI=1S/C7H4Cl2F2O3S/c8-4-2-1-3-5(14-7(10)11)6(4)15(9,12)13/h1-3,7H. The molecular formula is C7H4Cl2F2O3S. The van der Waals surface area contributed by atoms with Crippen LogP contribution in [0.5, 0.6) is 5.75 Å². The van der Waals surface area contributed by atoms with E-state index in [4.69, 9.17) is 22.3 Å². The normalized spacial score (nSPS) is 11.8. The minimum atomic E-state index is -4.23. The van der Waals surface area contributed by atoms with Crippen molar-refractivity contribution in [1.29, 1.82) is 0 Å². The Balaban J connectivity index is 3.34. The van der Waals surface area contributed by atoms with E-state index in [1.807, 2.05) is 0 Å². The smallest absolute Gasteiger partial charge is 0.387 e. The summed E-state index contributed by atoms with van der Waals surface area (Å²) in [6.07, 6.45) is 0. The molecule has 8 heteroatoms. The van der Waals surface area contributed by atoms with Gasteiger partial charge in [-0.3, -0.25) is 0 Å². The predicted molar refractivity (Wildman–Crippen MR) is 51.1 cm³/mol. The number of hydrogen-bond donors (Lipinski definition) is 0. The Hall–Kier alpha value is -0.590. The van der Waals surface area contributed by atoms with Crippen molar-refractivity contribution in [3.8, 4) is 5.75 Å². The first-order valence-corrected chi connectivity index (χ1v) is 6.19. The Morgan fingerprint density at radius 3 is 2.40 bits per heavy atom. The summed E-state index contributed by atoms with van der Waals surface area (Å²) >= 11 is 5.51. The molecule has 0 N–H and O–H groups in total. The Kier molecular flexibility index (Phi) is 3.75. The van der Waals surface area contributed by atoms with Crippen molar-refractivity contribution in [3.05, 3.63) is 23.2 Å². The van der Waals surface area contributed by atoms with Gasteiger partial charge in [-0.1, -0.05) is 17.7 Å². The summed E-state index contributed by atoms with van der Waals surface area (Å²) in [6.45, 7) is -3.15. The van der Waals surface area contributed by atoms with Crippen LogP contribution in [-0.2, 0) is 9.05 Å². The van der Waals surface area contributed by atoms with Crippen molar-refractivity contribution >= 4 is 31.3 Å². The fourth-order valence-electron chi connectivity index (χ4n) is 0.914. The van der Waals surface area contributed by atoms with E-state index < -0.39 is 26.3 Å². The van der Waals surface area contributed by atoms with Crippen molar-refractivity contribution in [2.45, 2.75) is 11.5 Å². The third-order valence-corrected chi connectivity index (χ3v) is 3.19. The Morgan fingerprint density at radius 1 is 1.33 bits per heavy atom. The summed E-state index contributed by atoms with van der Waals surface area (Å²) in [7, 11) is 0.787. The molecule has 84 valence electrons. The molecule has 1 rings (SSSR count). The molecule has 0 aromatic heterocycles. The number of alkyl halides is 2. The molecule has 0 fully saturated rings. The number of ether oxygens (including phenoxy) is 1. The van der Waals surface area contributed by atoms with Crippen molar-refractivity contribution in [2.75, 3.05) is 0 Å². The first-order valence-electron chi connectivity index (χ1n) is 3.50. The van der Waals surface area contributed by atoms with Gasteiger partial charge in [-0.2, -0.15) is 8.78 Å². The molecule has 0 bridgehead atoms. The lowest BCUT2D eigenvalue weighted by Gasteiger charge is -2.09. The van der Waals surface area contributed by atoms with E-state index in [1.165, 1.54) is 12.1 Å². The SMILES string of the molecule is O=S(=O)(Cl)c1c(Cl)cccc1OC(F)F. The van der Waals surface area contributed by atoms with Gasteiger partial charge in [0.1, 0.15) is 10.6 Å². The monoisotopic (exact) mass is 276 g/mol. The van der Waals surface area contributed by atoms with Crippen LogP contribution in [0.15, 0.2) is 23.1 Å². The summed E-state index contributed by atoms with van der Waals surface area (Å²) in [5.41, 5.74) is 0. The van der Waals surface area contributed by atoms with Gasteiger partial charge in [-0.15, -0.1) is 0 Å². The Morgan fingerprint density at radius 2 is 1.93 bits per heavy atom. The van der Waals surface area contributed by atoms with Crippen LogP contribution in [0.4, 0.5) is 8.78 Å². The molecule has 0 radical (unpaired) electrons. The van der Waals surface area contributed by atoms with E-state index in [-0.39, 0.29) is 5.02 Å². The Labute approximate surface area is 94.0 Å². The summed E-state index contributed by atoms with van der Waals surface area (Å²) in [5, 5.41) is -0.275. The molecule has 0 heterocycles. The maximum Gasteiger partial charge on any atom is 0.387 e. The zero-order valence-electron chi connectivity index (χ0n) is 6.95. The van der Waals surface area contributed by atoms with Crippen molar-refractivity contribution in [3.63, 3.8) is 0 Å². The van der Waals surface area contributed by atoms with E-state index in [1.54, 1.807) is 0 Å². The van der Waals surface area contributed by atoms with Crippen LogP contribution in [-0.4, -0.2) is 15.0 Å². The lowest BCUT2D eigenvalue weighted by Crippen LogP contribution is -2.06. The molecule has 0 atom stereocenters. The second-order valence-electron chi connectivity index (χ2n) is 2.38. The second kappa shape index (κ2) is 4.51. The average molecular weight is 277 g/mol. The number of benzene rings is 1. The minimum absolute atomic E-state index is 0.275. The summed E-state index contributed by atoms with van der Waals surface area (Å²) in [6, 6.07) is 3.51. The molecule has 0 aliphatic heterocycles. The first-order chi connectivity index (χ1) is 6.82. The largest absolute Gasteiger partial charge is 0.433 e. The topological polar surface area (TPSA) is 43.4 Å². The van der Waals surface area contributed by atoms with Crippen molar-refractivity contribution in [1.82, 2.24) is 0 Å². The van der Waals surface area contributed by atoms with Crippen LogP contribution in [0, 0.1) is 0 Å². The van der Waals surface area contributed by atoms with Crippen LogP contribution in [0.25, 0.3) is 0 Å². The van der Waals surface area contributed by atoms with Gasteiger partial charge >= 0.3 is 6.61 Å². The third-order valence-electron chi connectivity index (χ3n) is 1.39. The van der Waals surface area contributed by atoms with Crippen LogP contribution in [0.1, 0.15) is 0 Å². The maximum atomic E-state index is 11.9. The van der Waals surface area contributed by atoms with Gasteiger partial charge in [0.15, 0.2) is 0 Å². The summed E-state index contributed by atoms with van der Waals surface area (Å²) in [5.74, 6) is -0.576. The number of rotatable bonds is 3. The molecule has 0 saturated heterocycles. The van der Waals surface area contributed by atoms with Crippen LogP contribution < -0.4 is 4.74 Å². The molecule has 0 spiro atoms. The van der Waals surface area contributed by atoms with Gasteiger partial charge < -0.3 is 4.74 Å². The highest BCUT2D eigenvalue weighted by Gasteiger charge is 2.22. The van der Waals surface area contributed by atoms with Gasteiger partial charge in [0, 0.05) is 10.7 Å². The molecule has 0 aliphatic rings. The fraction of sp³-hybridized carbons (Fsp3) is 0.143. The van der Waals surface area contributed by atoms with Crippen molar-refractivity contribution < 1.29 is 21.9 Å². The minimum Gasteiger partial charge on any atom is -0.433 e. The molecule has 1 aromatic rings. The molecule has 15 heavy (non-hydrogen) atoms. The molecule has 1 aromatic carbocycles. The average Bonchev–Trinajstić information content (AvgIpc) is 1.99. The number of halogens is 4. The molecular weight excluding hydrogens is 273 g/mol. The lowest BCUT2D eigenvalue weighted by molar-refractivity contribution is -0.0517. The van der Waals surface area contributed by atoms with E-state index >= 15 is 0 Å². The van der Waals surface area contributed by atoms with Crippen LogP contribution in [0.2, 0.25) is 5.02 Å². The van der Waals surface area contributed by atoms with Crippen molar-refractivity contribution in [2.24, 2.45) is 0 Å². The molecule has 0 amide bonds. The summed E-state index contributed by atoms with van der Waals surface area (Å²) in [4.78, 5) is -0.659. The quantitative estimate of drug-likeness (QED) is 0.798. The van der Waals surface area contributed by atoms with E-state index in [0.717, 1.165) is 6.07 Å². The molecule has 0 unspecified atom stereocenters. The highest BCUT2D eigenvalue weighted by atomic mass is 35.7.